The maximum Gasteiger partial charge on any atom is 0.303 e. The van der Waals surface area contributed by atoms with E-state index >= 15 is 0 Å². The van der Waals surface area contributed by atoms with E-state index in [1.807, 2.05) is 14.0 Å². The number of halogens is 1. The third-order valence-corrected chi connectivity index (χ3v) is 4.26. The Balaban J connectivity index is 1.89. The number of aromatic nitrogens is 2. The molecule has 1 atom stereocenters. The number of rotatable bonds is 5. The average molecular weight is 286 g/mol. The lowest BCUT2D eigenvalue weighted by Crippen LogP contribution is -2.20. The first kappa shape index (κ1) is 14.3. The fraction of sp³-hybridized carbons (Fsp3) is 0.692. The van der Waals surface area contributed by atoms with Crippen molar-refractivity contribution in [3.05, 3.63) is 16.4 Å². The summed E-state index contributed by atoms with van der Waals surface area (Å²) in [5, 5.41) is 13.7. The number of carboxylic acids is 1. The standard InChI is InChI=1S/C13H20ClN3O2/c1-9-11(13(14)16(2)15-9)8-17-6-5-10(7-17)3-4-12(18)19/h10H,3-8H2,1-2H3,(H,18,19). The highest BCUT2D eigenvalue weighted by molar-refractivity contribution is 6.30. The Morgan fingerprint density at radius 1 is 1.58 bits per heavy atom. The maximum absolute atomic E-state index is 10.6. The van der Waals surface area contributed by atoms with Gasteiger partial charge in [-0.3, -0.25) is 14.4 Å². The number of nitrogens with zero attached hydrogens (tertiary/aromatic N) is 3. The van der Waals surface area contributed by atoms with Crippen molar-refractivity contribution >= 4 is 17.6 Å². The normalized spacial score (nSPS) is 20.1. The van der Waals surface area contributed by atoms with Gasteiger partial charge in [-0.1, -0.05) is 11.6 Å². The Morgan fingerprint density at radius 2 is 2.32 bits per heavy atom. The van der Waals surface area contributed by atoms with Crippen LogP contribution >= 0.6 is 11.6 Å². The van der Waals surface area contributed by atoms with Crippen LogP contribution in [0.3, 0.4) is 0 Å². The zero-order chi connectivity index (χ0) is 14.0. The molecule has 106 valence electrons. The van der Waals surface area contributed by atoms with Crippen LogP contribution in [-0.4, -0.2) is 38.8 Å². The minimum absolute atomic E-state index is 0.269. The minimum Gasteiger partial charge on any atom is -0.481 e. The molecule has 1 N–H and O–H groups in total. The molecule has 1 aliphatic heterocycles. The SMILES string of the molecule is Cc1nn(C)c(Cl)c1CN1CCC(CCC(=O)O)C1. The Bertz CT molecular complexity index is 473. The van der Waals surface area contributed by atoms with Crippen molar-refractivity contribution < 1.29 is 9.90 Å². The number of likely N-dealkylation sites (tertiary alicyclic amines) is 1. The number of hydrogen-bond acceptors (Lipinski definition) is 3. The average Bonchev–Trinajstić information content (AvgIpc) is 2.88. The third-order valence-electron chi connectivity index (χ3n) is 3.79. The van der Waals surface area contributed by atoms with Crippen LogP contribution in [0.15, 0.2) is 0 Å². The minimum atomic E-state index is -0.704. The molecule has 2 heterocycles. The molecule has 1 aromatic heterocycles. The molecule has 1 aromatic rings. The van der Waals surface area contributed by atoms with E-state index in [4.69, 9.17) is 16.7 Å². The Labute approximate surface area is 118 Å². The van der Waals surface area contributed by atoms with Gasteiger partial charge in [0.1, 0.15) is 5.15 Å². The van der Waals surface area contributed by atoms with Gasteiger partial charge in [-0.15, -0.1) is 0 Å². The predicted octanol–water partition coefficient (Wildman–Crippen LogP) is 2.07. The lowest BCUT2D eigenvalue weighted by atomic mass is 10.0. The summed E-state index contributed by atoms with van der Waals surface area (Å²) in [6.45, 7) is 4.74. The van der Waals surface area contributed by atoms with Gasteiger partial charge in [-0.2, -0.15) is 5.10 Å². The monoisotopic (exact) mass is 285 g/mol. The lowest BCUT2D eigenvalue weighted by molar-refractivity contribution is -0.137. The number of aliphatic carboxylic acids is 1. The molecule has 0 amide bonds. The fourth-order valence-corrected chi connectivity index (χ4v) is 2.93. The second-order valence-electron chi connectivity index (χ2n) is 5.30. The van der Waals surface area contributed by atoms with Gasteiger partial charge in [-0.05, 0) is 32.2 Å². The first-order valence-electron chi connectivity index (χ1n) is 6.59. The molecule has 6 heteroatoms. The van der Waals surface area contributed by atoms with Crippen LogP contribution in [-0.2, 0) is 18.4 Å². The van der Waals surface area contributed by atoms with Gasteiger partial charge in [0.2, 0.25) is 0 Å². The van der Waals surface area contributed by atoms with E-state index in [0.29, 0.717) is 11.1 Å². The van der Waals surface area contributed by atoms with Crippen LogP contribution in [0.4, 0.5) is 0 Å². The summed E-state index contributed by atoms with van der Waals surface area (Å²) < 4.78 is 1.70. The van der Waals surface area contributed by atoms with Gasteiger partial charge in [0.25, 0.3) is 0 Å². The largest absolute Gasteiger partial charge is 0.481 e. The molecule has 1 fully saturated rings. The molecule has 0 aliphatic carbocycles. The van der Waals surface area contributed by atoms with Crippen LogP contribution in [0, 0.1) is 12.8 Å². The Hall–Kier alpha value is -1.07. The van der Waals surface area contributed by atoms with Crippen LogP contribution in [0.1, 0.15) is 30.5 Å². The van der Waals surface area contributed by atoms with Crippen LogP contribution in [0.5, 0.6) is 0 Å². The summed E-state index contributed by atoms with van der Waals surface area (Å²) in [6, 6.07) is 0. The topological polar surface area (TPSA) is 58.4 Å². The smallest absolute Gasteiger partial charge is 0.303 e. The van der Waals surface area contributed by atoms with Crippen LogP contribution in [0.25, 0.3) is 0 Å². The molecule has 1 unspecified atom stereocenters. The molecule has 0 aromatic carbocycles. The van der Waals surface area contributed by atoms with E-state index in [0.717, 1.165) is 43.7 Å². The molecule has 19 heavy (non-hydrogen) atoms. The number of aryl methyl sites for hydroxylation is 2. The summed E-state index contributed by atoms with van der Waals surface area (Å²) in [5.41, 5.74) is 2.06. The first-order valence-corrected chi connectivity index (χ1v) is 6.97. The molecule has 0 radical (unpaired) electrons. The van der Waals surface area contributed by atoms with E-state index in [9.17, 15) is 4.79 Å². The third kappa shape index (κ3) is 3.48. The van der Waals surface area contributed by atoms with E-state index < -0.39 is 5.97 Å². The summed E-state index contributed by atoms with van der Waals surface area (Å²) in [7, 11) is 1.85. The second-order valence-corrected chi connectivity index (χ2v) is 5.66. The number of carboxylic acid groups (broad SMARTS) is 1. The van der Waals surface area contributed by atoms with E-state index in [2.05, 4.69) is 10.00 Å². The van der Waals surface area contributed by atoms with Crippen molar-refractivity contribution in [2.24, 2.45) is 13.0 Å². The van der Waals surface area contributed by atoms with Crippen molar-refractivity contribution in [2.75, 3.05) is 13.1 Å². The summed E-state index contributed by atoms with van der Waals surface area (Å²) in [6.07, 6.45) is 2.11. The van der Waals surface area contributed by atoms with Crippen molar-refractivity contribution in [2.45, 2.75) is 32.7 Å². The Morgan fingerprint density at radius 3 is 2.89 bits per heavy atom. The van der Waals surface area contributed by atoms with Crippen molar-refractivity contribution in [3.8, 4) is 0 Å². The van der Waals surface area contributed by atoms with Crippen LogP contribution < -0.4 is 0 Å². The summed E-state index contributed by atoms with van der Waals surface area (Å²) in [5.74, 6) is -0.212. The molecule has 0 bridgehead atoms. The predicted molar refractivity (Wildman–Crippen MR) is 73.2 cm³/mol. The lowest BCUT2D eigenvalue weighted by Gasteiger charge is -2.15. The van der Waals surface area contributed by atoms with Gasteiger partial charge in [0, 0.05) is 32.1 Å². The zero-order valence-electron chi connectivity index (χ0n) is 11.4. The fourth-order valence-electron chi connectivity index (χ4n) is 2.70. The summed E-state index contributed by atoms with van der Waals surface area (Å²) >= 11 is 6.23. The van der Waals surface area contributed by atoms with Crippen LogP contribution in [0.2, 0.25) is 5.15 Å². The zero-order valence-corrected chi connectivity index (χ0v) is 12.2. The molecule has 2 rings (SSSR count). The van der Waals surface area contributed by atoms with Gasteiger partial charge in [-0.25, -0.2) is 0 Å². The highest BCUT2D eigenvalue weighted by Gasteiger charge is 2.24. The Kier molecular flexibility index (Phi) is 4.47. The molecule has 0 saturated carbocycles. The van der Waals surface area contributed by atoms with Gasteiger partial charge in [0.05, 0.1) is 5.69 Å². The van der Waals surface area contributed by atoms with Crippen molar-refractivity contribution in [3.63, 3.8) is 0 Å². The molecule has 0 spiro atoms. The van der Waals surface area contributed by atoms with Crippen molar-refractivity contribution in [1.82, 2.24) is 14.7 Å². The molecular formula is C13H20ClN3O2. The number of carbonyl (C=O) groups is 1. The van der Waals surface area contributed by atoms with E-state index in [-0.39, 0.29) is 6.42 Å². The quantitative estimate of drug-likeness (QED) is 0.900. The molecule has 5 nitrogen and oxygen atoms in total. The highest BCUT2D eigenvalue weighted by atomic mass is 35.5. The first-order chi connectivity index (χ1) is 8.97. The molecule has 1 saturated heterocycles. The van der Waals surface area contributed by atoms with Gasteiger partial charge >= 0.3 is 5.97 Å². The summed E-state index contributed by atoms with van der Waals surface area (Å²) in [4.78, 5) is 12.9. The van der Waals surface area contributed by atoms with E-state index in [1.165, 1.54) is 0 Å². The van der Waals surface area contributed by atoms with Gasteiger partial charge < -0.3 is 5.11 Å². The highest BCUT2D eigenvalue weighted by Crippen LogP contribution is 2.26. The van der Waals surface area contributed by atoms with Crippen molar-refractivity contribution in [1.29, 1.82) is 0 Å². The second kappa shape index (κ2) is 5.92. The maximum atomic E-state index is 10.6. The molecular weight excluding hydrogens is 266 g/mol. The van der Waals surface area contributed by atoms with E-state index in [1.54, 1.807) is 4.68 Å². The molecule has 1 aliphatic rings. The number of hydrogen-bond donors (Lipinski definition) is 1. The van der Waals surface area contributed by atoms with Gasteiger partial charge in [0.15, 0.2) is 0 Å².